The highest BCUT2D eigenvalue weighted by atomic mass is 35.5. The molecule has 2 nitrogen and oxygen atoms in total. The van der Waals surface area contributed by atoms with E-state index in [2.05, 4.69) is 71.9 Å². The number of alkyl halides is 1. The number of nitrogens with one attached hydrogen (secondary N) is 1. The van der Waals surface area contributed by atoms with E-state index in [-0.39, 0.29) is 6.04 Å². The first kappa shape index (κ1) is 22.7. The van der Waals surface area contributed by atoms with Crippen LogP contribution in [0.3, 0.4) is 0 Å². The van der Waals surface area contributed by atoms with Gasteiger partial charge >= 0.3 is 0 Å². The number of hydrogen-bond donors (Lipinski definition) is 1. The third kappa shape index (κ3) is 6.49. The molecule has 0 saturated heterocycles. The van der Waals surface area contributed by atoms with E-state index in [1.165, 1.54) is 22.3 Å². The molecule has 0 heterocycles. The molecule has 0 saturated carbocycles. The standard InChI is InChI=1S/C28H28ClNO/c1-3-22(2)30-20-21-31-26-16-14-25(15-17-26)28(24-12-8-5-9-13-24)27(18-19-29)23-10-6-4-7-11-23/h1,4-17,22,30H,18-21H2,2H3. The Bertz CT molecular complexity index is 1000. The summed E-state index contributed by atoms with van der Waals surface area (Å²) in [5, 5.41) is 3.22. The topological polar surface area (TPSA) is 21.3 Å². The molecule has 3 rings (SSSR count). The predicted octanol–water partition coefficient (Wildman–Crippen LogP) is 6.26. The zero-order valence-corrected chi connectivity index (χ0v) is 18.6. The molecule has 0 spiro atoms. The van der Waals surface area contributed by atoms with Crippen LogP contribution in [0.15, 0.2) is 84.9 Å². The van der Waals surface area contributed by atoms with E-state index < -0.39 is 0 Å². The monoisotopic (exact) mass is 429 g/mol. The molecule has 0 aliphatic carbocycles. The minimum atomic E-state index is 0.0443. The Morgan fingerprint density at radius 1 is 0.903 bits per heavy atom. The molecule has 3 heteroatoms. The quantitative estimate of drug-likeness (QED) is 0.177. The van der Waals surface area contributed by atoms with Gasteiger partial charge in [-0.3, -0.25) is 0 Å². The number of halogens is 1. The summed E-state index contributed by atoms with van der Waals surface area (Å²) in [4.78, 5) is 0. The van der Waals surface area contributed by atoms with Gasteiger partial charge in [-0.15, -0.1) is 18.0 Å². The van der Waals surface area contributed by atoms with Crippen LogP contribution in [-0.2, 0) is 0 Å². The van der Waals surface area contributed by atoms with Crippen LogP contribution in [-0.4, -0.2) is 25.1 Å². The predicted molar refractivity (Wildman–Crippen MR) is 132 cm³/mol. The van der Waals surface area contributed by atoms with Crippen molar-refractivity contribution < 1.29 is 4.74 Å². The molecule has 0 bridgehead atoms. The van der Waals surface area contributed by atoms with Crippen molar-refractivity contribution in [2.45, 2.75) is 19.4 Å². The van der Waals surface area contributed by atoms with Crippen LogP contribution >= 0.6 is 11.6 Å². The number of rotatable bonds is 10. The number of hydrogen-bond acceptors (Lipinski definition) is 2. The van der Waals surface area contributed by atoms with Crippen molar-refractivity contribution in [2.75, 3.05) is 19.0 Å². The summed E-state index contributed by atoms with van der Waals surface area (Å²) < 4.78 is 5.87. The largest absolute Gasteiger partial charge is 0.492 e. The smallest absolute Gasteiger partial charge is 0.119 e. The molecule has 1 atom stereocenters. The van der Waals surface area contributed by atoms with Crippen molar-refractivity contribution in [2.24, 2.45) is 0 Å². The summed E-state index contributed by atoms with van der Waals surface area (Å²) in [5.41, 5.74) is 5.94. The lowest BCUT2D eigenvalue weighted by Crippen LogP contribution is -2.28. The number of ether oxygens (including phenoxy) is 1. The second-order valence-corrected chi connectivity index (χ2v) is 7.62. The van der Waals surface area contributed by atoms with Crippen molar-refractivity contribution >= 4 is 22.7 Å². The van der Waals surface area contributed by atoms with E-state index in [1.54, 1.807) is 0 Å². The molecular weight excluding hydrogens is 402 g/mol. The van der Waals surface area contributed by atoms with Crippen LogP contribution < -0.4 is 10.1 Å². The molecule has 0 aliphatic rings. The van der Waals surface area contributed by atoms with E-state index in [1.807, 2.05) is 31.2 Å². The van der Waals surface area contributed by atoms with Gasteiger partial charge < -0.3 is 10.1 Å². The molecule has 0 aliphatic heterocycles. The molecule has 0 radical (unpaired) electrons. The van der Waals surface area contributed by atoms with Crippen LogP contribution in [0.25, 0.3) is 11.1 Å². The summed E-state index contributed by atoms with van der Waals surface area (Å²) >= 11 is 6.22. The van der Waals surface area contributed by atoms with Gasteiger partial charge in [-0.2, -0.15) is 0 Å². The molecule has 31 heavy (non-hydrogen) atoms. The molecule has 0 fully saturated rings. The van der Waals surface area contributed by atoms with Crippen LogP contribution in [0.4, 0.5) is 0 Å². The summed E-state index contributed by atoms with van der Waals surface area (Å²) in [7, 11) is 0. The summed E-state index contributed by atoms with van der Waals surface area (Å²) in [6, 6.07) is 29.3. The Balaban J connectivity index is 1.91. The second kappa shape index (κ2) is 12.0. The van der Waals surface area contributed by atoms with Gasteiger partial charge in [-0.1, -0.05) is 78.7 Å². The highest BCUT2D eigenvalue weighted by Gasteiger charge is 2.14. The first-order valence-corrected chi connectivity index (χ1v) is 11.1. The van der Waals surface area contributed by atoms with Crippen LogP contribution in [0.1, 0.15) is 30.0 Å². The SMILES string of the molecule is C#CC(C)NCCOc1ccc(C(=C(CCCl)c2ccccc2)c2ccccc2)cc1. The Hall–Kier alpha value is -2.99. The lowest BCUT2D eigenvalue weighted by molar-refractivity contribution is 0.312. The van der Waals surface area contributed by atoms with Crippen LogP contribution in [0, 0.1) is 12.3 Å². The fraction of sp³-hybridized carbons (Fsp3) is 0.214. The van der Waals surface area contributed by atoms with Gasteiger partial charge in [0.05, 0.1) is 6.04 Å². The Morgan fingerprint density at radius 2 is 1.48 bits per heavy atom. The van der Waals surface area contributed by atoms with Crippen LogP contribution in [0.2, 0.25) is 0 Å². The van der Waals surface area contributed by atoms with Gasteiger partial charge in [0.25, 0.3) is 0 Å². The Labute approximate surface area is 190 Å². The minimum Gasteiger partial charge on any atom is -0.492 e. The highest BCUT2D eigenvalue weighted by Crippen LogP contribution is 2.35. The lowest BCUT2D eigenvalue weighted by atomic mass is 9.88. The molecule has 1 N–H and O–H groups in total. The van der Waals surface area contributed by atoms with E-state index >= 15 is 0 Å². The van der Waals surface area contributed by atoms with Crippen molar-refractivity contribution in [1.82, 2.24) is 5.32 Å². The van der Waals surface area contributed by atoms with Gasteiger partial charge in [0.1, 0.15) is 12.4 Å². The van der Waals surface area contributed by atoms with E-state index in [0.29, 0.717) is 19.0 Å². The minimum absolute atomic E-state index is 0.0443. The fourth-order valence-corrected chi connectivity index (χ4v) is 3.68. The molecular formula is C28H28ClNO. The maximum atomic E-state index is 6.22. The second-order valence-electron chi connectivity index (χ2n) is 7.24. The summed E-state index contributed by atoms with van der Waals surface area (Å²) in [6.45, 7) is 3.22. The van der Waals surface area contributed by atoms with E-state index in [0.717, 1.165) is 17.7 Å². The third-order valence-corrected chi connectivity index (χ3v) is 5.23. The van der Waals surface area contributed by atoms with Crippen molar-refractivity contribution in [1.29, 1.82) is 0 Å². The third-order valence-electron chi connectivity index (χ3n) is 5.05. The number of benzene rings is 3. The zero-order valence-electron chi connectivity index (χ0n) is 17.9. The van der Waals surface area contributed by atoms with Crippen LogP contribution in [0.5, 0.6) is 5.75 Å². The van der Waals surface area contributed by atoms with E-state index in [4.69, 9.17) is 22.8 Å². The normalized spacial score (nSPS) is 12.5. The number of terminal acetylenes is 1. The Kier molecular flexibility index (Phi) is 8.79. The highest BCUT2D eigenvalue weighted by molar-refractivity contribution is 6.18. The molecule has 0 amide bonds. The van der Waals surface area contributed by atoms with Gasteiger partial charge in [-0.05, 0) is 53.3 Å². The van der Waals surface area contributed by atoms with Crippen molar-refractivity contribution in [3.8, 4) is 18.1 Å². The summed E-state index contributed by atoms with van der Waals surface area (Å²) in [5.74, 6) is 4.05. The first-order chi connectivity index (χ1) is 15.2. The molecule has 1 unspecified atom stereocenters. The molecule has 0 aromatic heterocycles. The molecule has 158 valence electrons. The molecule has 3 aromatic carbocycles. The first-order valence-electron chi connectivity index (χ1n) is 10.6. The zero-order chi connectivity index (χ0) is 21.9. The average Bonchev–Trinajstić information content (AvgIpc) is 2.83. The maximum Gasteiger partial charge on any atom is 0.119 e. The lowest BCUT2D eigenvalue weighted by Gasteiger charge is -2.17. The number of allylic oxidation sites excluding steroid dienone is 1. The molecule has 3 aromatic rings. The van der Waals surface area contributed by atoms with Crippen molar-refractivity contribution in [3.05, 3.63) is 102 Å². The van der Waals surface area contributed by atoms with E-state index in [9.17, 15) is 0 Å². The van der Waals surface area contributed by atoms with Gasteiger partial charge in [0.2, 0.25) is 0 Å². The van der Waals surface area contributed by atoms with Gasteiger partial charge in [0, 0.05) is 12.4 Å². The maximum absolute atomic E-state index is 6.22. The van der Waals surface area contributed by atoms with Gasteiger partial charge in [0.15, 0.2) is 0 Å². The fourth-order valence-electron chi connectivity index (χ4n) is 3.49. The summed E-state index contributed by atoms with van der Waals surface area (Å²) in [6.07, 6.45) is 6.17. The van der Waals surface area contributed by atoms with Gasteiger partial charge in [-0.25, -0.2) is 0 Å². The Morgan fingerprint density at radius 3 is 2.06 bits per heavy atom. The average molecular weight is 430 g/mol. The van der Waals surface area contributed by atoms with Crippen molar-refractivity contribution in [3.63, 3.8) is 0 Å².